The van der Waals surface area contributed by atoms with Gasteiger partial charge in [-0.1, -0.05) is 18.7 Å². The van der Waals surface area contributed by atoms with Gasteiger partial charge in [-0.05, 0) is 45.6 Å². The number of aryl methyl sites for hydroxylation is 2. The van der Waals surface area contributed by atoms with Gasteiger partial charge in [0.25, 0.3) is 0 Å². The molecule has 0 saturated heterocycles. The Morgan fingerprint density at radius 2 is 2.21 bits per heavy atom. The van der Waals surface area contributed by atoms with Crippen LogP contribution in [0.1, 0.15) is 37.2 Å². The third kappa shape index (κ3) is 2.55. The van der Waals surface area contributed by atoms with Crippen LogP contribution in [0.2, 0.25) is 0 Å². The highest BCUT2D eigenvalue weighted by Crippen LogP contribution is 2.37. The monoisotopic (exact) mass is 342 g/mol. The lowest BCUT2D eigenvalue weighted by molar-refractivity contribution is 0.565. The number of nitrogens with zero attached hydrogens (tertiary/aromatic N) is 6. The number of hydrogen-bond acceptors (Lipinski definition) is 5. The minimum atomic E-state index is 0.513. The smallest absolute Gasteiger partial charge is 0.209 e. The van der Waals surface area contributed by atoms with Crippen LogP contribution in [0, 0.1) is 0 Å². The van der Waals surface area contributed by atoms with Crippen LogP contribution in [-0.2, 0) is 19.2 Å². The summed E-state index contributed by atoms with van der Waals surface area (Å²) >= 11 is 5.29. The SMILES string of the molecule is CCc1nn(C)c(CSc2nnnn2C2CC2)c1Br. The number of aromatic nitrogens is 6. The third-order valence-electron chi connectivity index (χ3n) is 3.20. The van der Waals surface area contributed by atoms with Crippen molar-refractivity contribution >= 4 is 27.7 Å². The number of rotatable bonds is 5. The molecule has 0 aliphatic heterocycles. The van der Waals surface area contributed by atoms with E-state index in [2.05, 4.69) is 43.5 Å². The summed E-state index contributed by atoms with van der Waals surface area (Å²) in [6, 6.07) is 0.513. The molecule has 0 spiro atoms. The number of tetrazole rings is 1. The number of halogens is 1. The van der Waals surface area contributed by atoms with Crippen LogP contribution in [0.4, 0.5) is 0 Å². The molecule has 1 fully saturated rings. The van der Waals surface area contributed by atoms with Gasteiger partial charge in [-0.15, -0.1) is 5.10 Å². The zero-order valence-corrected chi connectivity index (χ0v) is 13.3. The first-order valence-electron chi connectivity index (χ1n) is 6.31. The topological polar surface area (TPSA) is 61.4 Å². The maximum atomic E-state index is 4.50. The Kier molecular flexibility index (Phi) is 3.62. The molecule has 6 nitrogen and oxygen atoms in total. The van der Waals surface area contributed by atoms with E-state index < -0.39 is 0 Å². The summed E-state index contributed by atoms with van der Waals surface area (Å²) < 4.78 is 4.98. The molecule has 2 aromatic rings. The summed E-state index contributed by atoms with van der Waals surface area (Å²) in [6.07, 6.45) is 3.31. The van der Waals surface area contributed by atoms with Gasteiger partial charge in [0.15, 0.2) is 0 Å². The Hall–Kier alpha value is -0.890. The molecule has 2 aromatic heterocycles. The lowest BCUT2D eigenvalue weighted by Crippen LogP contribution is -2.01. The molecule has 0 aromatic carbocycles. The Labute approximate surface area is 124 Å². The van der Waals surface area contributed by atoms with Gasteiger partial charge in [0.05, 0.1) is 21.9 Å². The summed E-state index contributed by atoms with van der Waals surface area (Å²) in [6.45, 7) is 2.11. The molecule has 0 bridgehead atoms. The zero-order chi connectivity index (χ0) is 13.4. The van der Waals surface area contributed by atoms with E-state index in [1.807, 2.05) is 16.4 Å². The van der Waals surface area contributed by atoms with E-state index in [0.717, 1.165) is 27.5 Å². The summed E-state index contributed by atoms with van der Waals surface area (Å²) in [5, 5.41) is 17.3. The molecule has 2 heterocycles. The van der Waals surface area contributed by atoms with Crippen molar-refractivity contribution in [2.45, 2.75) is 43.1 Å². The Balaban J connectivity index is 1.75. The largest absolute Gasteiger partial charge is 0.270 e. The second kappa shape index (κ2) is 5.24. The van der Waals surface area contributed by atoms with Crippen LogP contribution in [-0.4, -0.2) is 30.0 Å². The standard InChI is InChI=1S/C11H15BrN6S/c1-3-8-10(12)9(17(2)14-8)6-19-11-13-15-16-18(11)7-4-5-7/h7H,3-6H2,1-2H3. The maximum absolute atomic E-state index is 4.50. The average Bonchev–Trinajstić information content (AvgIpc) is 3.08. The van der Waals surface area contributed by atoms with E-state index in [1.54, 1.807) is 11.8 Å². The second-order valence-corrected chi connectivity index (χ2v) is 6.35. The molecule has 0 amide bonds. The highest BCUT2D eigenvalue weighted by atomic mass is 79.9. The third-order valence-corrected chi connectivity index (χ3v) is 5.06. The van der Waals surface area contributed by atoms with Crippen molar-refractivity contribution in [2.75, 3.05) is 0 Å². The molecule has 1 saturated carbocycles. The summed E-state index contributed by atoms with van der Waals surface area (Å²) in [5.41, 5.74) is 2.27. The van der Waals surface area contributed by atoms with Crippen molar-refractivity contribution in [3.8, 4) is 0 Å². The Morgan fingerprint density at radius 3 is 2.84 bits per heavy atom. The van der Waals surface area contributed by atoms with Crippen LogP contribution in [0.15, 0.2) is 9.63 Å². The molecule has 1 aliphatic rings. The van der Waals surface area contributed by atoms with Crippen LogP contribution < -0.4 is 0 Å². The van der Waals surface area contributed by atoms with Gasteiger partial charge in [0.2, 0.25) is 5.16 Å². The van der Waals surface area contributed by atoms with Gasteiger partial charge in [0.1, 0.15) is 0 Å². The highest BCUT2D eigenvalue weighted by Gasteiger charge is 2.28. The quantitative estimate of drug-likeness (QED) is 0.780. The van der Waals surface area contributed by atoms with Gasteiger partial charge in [0, 0.05) is 12.8 Å². The summed E-state index contributed by atoms with van der Waals surface area (Å²) in [5.74, 6) is 0.817. The van der Waals surface area contributed by atoms with Crippen molar-refractivity contribution in [1.82, 2.24) is 30.0 Å². The van der Waals surface area contributed by atoms with Crippen LogP contribution in [0.25, 0.3) is 0 Å². The normalized spacial score (nSPS) is 15.1. The van der Waals surface area contributed by atoms with Crippen molar-refractivity contribution in [3.63, 3.8) is 0 Å². The number of hydrogen-bond donors (Lipinski definition) is 0. The average molecular weight is 343 g/mol. The van der Waals surface area contributed by atoms with Crippen molar-refractivity contribution < 1.29 is 0 Å². The highest BCUT2D eigenvalue weighted by molar-refractivity contribution is 9.10. The fourth-order valence-electron chi connectivity index (χ4n) is 1.94. The molecule has 0 radical (unpaired) electrons. The van der Waals surface area contributed by atoms with Gasteiger partial charge in [-0.2, -0.15) is 5.10 Å². The molecular formula is C11H15BrN6S. The first-order chi connectivity index (χ1) is 9.20. The first-order valence-corrected chi connectivity index (χ1v) is 8.09. The molecule has 0 atom stereocenters. The molecule has 0 N–H and O–H groups in total. The van der Waals surface area contributed by atoms with E-state index in [-0.39, 0.29) is 0 Å². The Bertz CT molecular complexity index is 588. The molecule has 1 aliphatic carbocycles. The summed E-state index contributed by atoms with van der Waals surface area (Å²) in [4.78, 5) is 0. The van der Waals surface area contributed by atoms with Gasteiger partial charge >= 0.3 is 0 Å². The molecule has 102 valence electrons. The predicted octanol–water partition coefficient (Wildman–Crippen LogP) is 2.36. The van der Waals surface area contributed by atoms with Crippen LogP contribution in [0.3, 0.4) is 0 Å². The number of thioether (sulfide) groups is 1. The van der Waals surface area contributed by atoms with E-state index in [0.29, 0.717) is 6.04 Å². The molecule has 19 heavy (non-hydrogen) atoms. The molecular weight excluding hydrogens is 328 g/mol. The van der Waals surface area contributed by atoms with Crippen LogP contribution >= 0.6 is 27.7 Å². The first kappa shape index (κ1) is 13.1. The van der Waals surface area contributed by atoms with Gasteiger partial charge < -0.3 is 0 Å². The van der Waals surface area contributed by atoms with Gasteiger partial charge in [-0.25, -0.2) is 4.68 Å². The van der Waals surface area contributed by atoms with E-state index in [4.69, 9.17) is 0 Å². The van der Waals surface area contributed by atoms with Gasteiger partial charge in [-0.3, -0.25) is 4.68 Å². The van der Waals surface area contributed by atoms with E-state index in [9.17, 15) is 0 Å². The van der Waals surface area contributed by atoms with Crippen molar-refractivity contribution in [1.29, 1.82) is 0 Å². The molecule has 0 unspecified atom stereocenters. The molecule has 3 rings (SSSR count). The Morgan fingerprint density at radius 1 is 1.42 bits per heavy atom. The molecule has 8 heteroatoms. The fraction of sp³-hybridized carbons (Fsp3) is 0.636. The lowest BCUT2D eigenvalue weighted by Gasteiger charge is -2.03. The van der Waals surface area contributed by atoms with Crippen molar-refractivity contribution in [2.24, 2.45) is 7.05 Å². The van der Waals surface area contributed by atoms with Crippen LogP contribution in [0.5, 0.6) is 0 Å². The zero-order valence-electron chi connectivity index (χ0n) is 10.9. The maximum Gasteiger partial charge on any atom is 0.209 e. The fourth-order valence-corrected chi connectivity index (χ4v) is 3.89. The van der Waals surface area contributed by atoms with E-state index in [1.165, 1.54) is 18.5 Å². The minimum absolute atomic E-state index is 0.513. The second-order valence-electron chi connectivity index (χ2n) is 4.61. The lowest BCUT2D eigenvalue weighted by atomic mass is 10.3. The predicted molar refractivity (Wildman–Crippen MR) is 75.9 cm³/mol. The summed E-state index contributed by atoms with van der Waals surface area (Å²) in [7, 11) is 1.98. The minimum Gasteiger partial charge on any atom is -0.270 e. The van der Waals surface area contributed by atoms with Crippen molar-refractivity contribution in [3.05, 3.63) is 15.9 Å². The van der Waals surface area contributed by atoms with E-state index >= 15 is 0 Å².